The minimum absolute atomic E-state index is 0. The molecular formula is C31H42IrNO3Se-. The van der Waals surface area contributed by atoms with Gasteiger partial charge in [-0.2, -0.15) is 0 Å². The van der Waals surface area contributed by atoms with Crippen molar-refractivity contribution in [1.82, 2.24) is 4.98 Å². The summed E-state index contributed by atoms with van der Waals surface area (Å²) in [7, 11) is 0. The van der Waals surface area contributed by atoms with E-state index in [1.54, 1.807) is 0 Å². The maximum absolute atomic E-state index is 11.8. The molecule has 1 N–H and O–H groups in total. The molecule has 0 unspecified atom stereocenters. The van der Waals surface area contributed by atoms with Gasteiger partial charge < -0.3 is 5.11 Å². The second-order valence-corrected chi connectivity index (χ2v) is 13.0. The zero-order valence-corrected chi connectivity index (χ0v) is 28.0. The number of rotatable bonds is 8. The topological polar surface area (TPSA) is 59.4 Å². The number of aliphatic hydroxyl groups is 1. The van der Waals surface area contributed by atoms with Gasteiger partial charge in [0.15, 0.2) is 5.78 Å². The average molecular weight is 748 g/mol. The first-order valence-electron chi connectivity index (χ1n) is 12.7. The number of aryl methyl sites for hydroxylation is 2. The number of nitrogens with zero attached hydrogens (tertiary/aromatic N) is 1. The van der Waals surface area contributed by atoms with Crippen LogP contribution in [0.5, 0.6) is 11.6 Å². The van der Waals surface area contributed by atoms with E-state index in [1.807, 2.05) is 60.7 Å². The van der Waals surface area contributed by atoms with E-state index in [1.165, 1.54) is 26.8 Å². The van der Waals surface area contributed by atoms with Crippen molar-refractivity contribution in [3.8, 4) is 11.6 Å². The molecular weight excluding hydrogens is 706 g/mol. The van der Waals surface area contributed by atoms with Crippen molar-refractivity contribution >= 4 is 29.9 Å². The third-order valence-corrected chi connectivity index (χ3v) is 8.84. The van der Waals surface area contributed by atoms with Gasteiger partial charge in [-0.3, -0.25) is 4.79 Å². The molecule has 0 saturated carbocycles. The molecule has 0 atom stereocenters. The Kier molecular flexibility index (Phi) is 12.5. The van der Waals surface area contributed by atoms with Gasteiger partial charge in [-0.05, 0) is 12.8 Å². The molecule has 0 aliphatic carbocycles. The fraction of sp³-hybridized carbons (Fsp3) is 0.484. The third kappa shape index (κ3) is 9.21. The van der Waals surface area contributed by atoms with Crippen LogP contribution in [0.3, 0.4) is 0 Å². The van der Waals surface area contributed by atoms with Gasteiger partial charge in [0, 0.05) is 37.0 Å². The Morgan fingerprint density at radius 2 is 1.73 bits per heavy atom. The average Bonchev–Trinajstić information content (AvgIpc) is 3.22. The number of hydrogen-bond acceptors (Lipinski definition) is 4. The minimum atomic E-state index is -0.377. The molecule has 0 fully saturated rings. The van der Waals surface area contributed by atoms with Crippen LogP contribution in [0.25, 0.3) is 9.65 Å². The number of fused-ring (bicyclic) bond motifs is 1. The van der Waals surface area contributed by atoms with E-state index in [-0.39, 0.29) is 42.5 Å². The van der Waals surface area contributed by atoms with Gasteiger partial charge in [0.25, 0.3) is 0 Å². The summed E-state index contributed by atoms with van der Waals surface area (Å²) < 4.78 is 7.24. The number of allylic oxidation sites excluding steroid dienone is 2. The summed E-state index contributed by atoms with van der Waals surface area (Å²) >= 11 is 0.391. The standard InChI is InChI=1S/C18H18NOSe.C13H24O2.Ir/c1-11(2)16-10-21-17-8-18(19-9-15(16)17)20-14-6-12(3)5-13(4)7-14;1-7-12(3,4)10(14)9-11(15)13(5,6)8-2;/h5-6,8-11H,1-4H3;9,14H,7-8H2,1-6H3;/q-1;;/b;10-9-;. The van der Waals surface area contributed by atoms with E-state index in [2.05, 4.69) is 48.9 Å². The first kappa shape index (κ1) is 33.3. The van der Waals surface area contributed by atoms with E-state index in [9.17, 15) is 9.90 Å². The number of aliphatic hydroxyl groups excluding tert-OH is 1. The van der Waals surface area contributed by atoms with Crippen LogP contribution in [-0.2, 0) is 24.9 Å². The minimum Gasteiger partial charge on any atom is 0 e. The van der Waals surface area contributed by atoms with Crippen molar-refractivity contribution in [1.29, 1.82) is 0 Å². The first-order valence-corrected chi connectivity index (χ1v) is 14.6. The molecule has 0 aliphatic rings. The Morgan fingerprint density at radius 3 is 2.27 bits per heavy atom. The number of aromatic nitrogens is 1. The second kappa shape index (κ2) is 13.9. The van der Waals surface area contributed by atoms with Crippen LogP contribution < -0.4 is 4.74 Å². The summed E-state index contributed by atoms with van der Waals surface area (Å²) in [6.07, 6.45) is 4.94. The van der Waals surface area contributed by atoms with Crippen LogP contribution in [0.4, 0.5) is 0 Å². The zero-order chi connectivity index (χ0) is 27.3. The monoisotopic (exact) mass is 749 g/mol. The maximum Gasteiger partial charge on any atom is 0 e. The van der Waals surface area contributed by atoms with Crippen molar-refractivity contribution in [2.24, 2.45) is 10.8 Å². The second-order valence-electron chi connectivity index (χ2n) is 11.0. The third-order valence-electron chi connectivity index (χ3n) is 6.82. The number of ketones is 1. The molecule has 2 heterocycles. The molecule has 2 aromatic heterocycles. The smallest absolute Gasteiger partial charge is 0 e. The first-order chi connectivity index (χ1) is 16.7. The van der Waals surface area contributed by atoms with E-state index >= 15 is 0 Å². The molecule has 37 heavy (non-hydrogen) atoms. The van der Waals surface area contributed by atoms with Gasteiger partial charge >= 0.3 is 131 Å². The molecule has 1 radical (unpaired) electrons. The van der Waals surface area contributed by atoms with Crippen molar-refractivity contribution in [3.63, 3.8) is 0 Å². The quantitative estimate of drug-likeness (QED) is 0.109. The molecule has 0 aliphatic heterocycles. The Hall–Kier alpha value is -1.71. The zero-order valence-electron chi connectivity index (χ0n) is 23.9. The predicted molar refractivity (Wildman–Crippen MR) is 151 cm³/mol. The number of benzene rings is 1. The molecule has 4 nitrogen and oxygen atoms in total. The molecule has 205 valence electrons. The van der Waals surface area contributed by atoms with Gasteiger partial charge in [0.2, 0.25) is 0 Å². The van der Waals surface area contributed by atoms with Gasteiger partial charge in [0.1, 0.15) is 5.76 Å². The molecule has 1 aromatic carbocycles. The summed E-state index contributed by atoms with van der Waals surface area (Å²) in [6.45, 7) is 20.2. The van der Waals surface area contributed by atoms with Gasteiger partial charge in [-0.25, -0.2) is 0 Å². The number of hydrogen-bond donors (Lipinski definition) is 1. The van der Waals surface area contributed by atoms with Gasteiger partial charge in [0.05, 0.1) is 0 Å². The Bertz CT molecular complexity index is 1200. The fourth-order valence-corrected chi connectivity index (χ4v) is 5.67. The summed E-state index contributed by atoms with van der Waals surface area (Å²) in [5.74, 6) is 2.15. The van der Waals surface area contributed by atoms with Crippen molar-refractivity contribution in [2.75, 3.05) is 0 Å². The summed E-state index contributed by atoms with van der Waals surface area (Å²) in [5.41, 5.74) is 2.99. The van der Waals surface area contributed by atoms with Crippen LogP contribution in [0.15, 0.2) is 41.2 Å². The van der Waals surface area contributed by atoms with E-state index in [0.717, 1.165) is 24.2 Å². The van der Waals surface area contributed by atoms with Crippen LogP contribution in [-0.4, -0.2) is 30.4 Å². The van der Waals surface area contributed by atoms with Gasteiger partial charge in [-0.15, -0.1) is 0 Å². The Labute approximate surface area is 243 Å². The summed E-state index contributed by atoms with van der Waals surface area (Å²) in [6, 6.07) is 9.38. The normalized spacial score (nSPS) is 12.1. The van der Waals surface area contributed by atoms with Crippen LogP contribution in [0.2, 0.25) is 0 Å². The van der Waals surface area contributed by atoms with E-state index in [0.29, 0.717) is 26.3 Å². The van der Waals surface area contributed by atoms with Crippen molar-refractivity contribution < 1.29 is 34.7 Å². The summed E-state index contributed by atoms with van der Waals surface area (Å²) in [5, 5.41) is 11.1. The SMILES string of the molecule is CCC(C)(C)C(=O)/C=C(\O)C(C)(C)CC.Cc1[c-]c(Oc2cc3[se]cc(C(C)C)c3cn2)cc(C)c1.[Ir]. The molecule has 0 saturated heterocycles. The number of carbonyl (C=O) groups excluding carboxylic acids is 1. The Balaban J connectivity index is 0.000000384. The molecule has 0 spiro atoms. The number of pyridine rings is 1. The maximum atomic E-state index is 11.8. The number of carbonyl (C=O) groups is 1. The predicted octanol–water partition coefficient (Wildman–Crippen LogP) is 8.49. The van der Waals surface area contributed by atoms with Crippen molar-refractivity contribution in [2.45, 2.75) is 88.0 Å². The molecule has 0 bridgehead atoms. The van der Waals surface area contributed by atoms with Crippen LogP contribution >= 0.6 is 0 Å². The molecule has 6 heteroatoms. The van der Waals surface area contributed by atoms with Crippen LogP contribution in [0.1, 0.15) is 90.8 Å². The van der Waals surface area contributed by atoms with Crippen molar-refractivity contribution in [3.05, 3.63) is 63.9 Å². The number of ether oxygens (including phenoxy) is 1. The van der Waals surface area contributed by atoms with Gasteiger partial charge in [-0.1, -0.05) is 41.5 Å². The summed E-state index contributed by atoms with van der Waals surface area (Å²) in [4.78, 5) is 18.7. The van der Waals surface area contributed by atoms with E-state index < -0.39 is 0 Å². The molecule has 0 amide bonds. The van der Waals surface area contributed by atoms with Crippen LogP contribution in [0, 0.1) is 30.7 Å². The molecule has 3 rings (SSSR count). The molecule has 3 aromatic rings. The fourth-order valence-electron chi connectivity index (χ4n) is 3.32. The largest absolute Gasteiger partial charge is 0 e. The van der Waals surface area contributed by atoms with E-state index in [4.69, 9.17) is 4.74 Å². The Morgan fingerprint density at radius 1 is 1.11 bits per heavy atom.